The van der Waals surface area contributed by atoms with Crippen molar-refractivity contribution in [1.29, 1.82) is 0 Å². The molecule has 33 heavy (non-hydrogen) atoms. The number of carbonyl (C=O) groups is 2. The van der Waals surface area contributed by atoms with Gasteiger partial charge in [-0.3, -0.25) is 14.5 Å². The van der Waals surface area contributed by atoms with Gasteiger partial charge in [0.15, 0.2) is 0 Å². The Kier molecular flexibility index (Phi) is 8.79. The Hall–Kier alpha value is -3.44. The van der Waals surface area contributed by atoms with Crippen LogP contribution in [0, 0.1) is 0 Å². The van der Waals surface area contributed by atoms with Gasteiger partial charge in [-0.15, -0.1) is 0 Å². The molecule has 3 aromatic rings. The van der Waals surface area contributed by atoms with Crippen LogP contribution in [0.3, 0.4) is 0 Å². The van der Waals surface area contributed by atoms with E-state index in [1.54, 1.807) is 6.92 Å². The van der Waals surface area contributed by atoms with Crippen molar-refractivity contribution in [2.24, 2.45) is 0 Å². The Bertz CT molecular complexity index is 1020. The first-order chi connectivity index (χ1) is 16.0. The molecule has 0 bridgehead atoms. The van der Waals surface area contributed by atoms with Crippen molar-refractivity contribution < 1.29 is 14.3 Å². The van der Waals surface area contributed by atoms with Gasteiger partial charge >= 0.3 is 5.97 Å². The smallest absolute Gasteiger partial charge is 0.320 e. The molecule has 3 rings (SSSR count). The van der Waals surface area contributed by atoms with Crippen molar-refractivity contribution in [2.45, 2.75) is 39.3 Å². The van der Waals surface area contributed by atoms with Gasteiger partial charge in [0, 0.05) is 12.2 Å². The number of carbonyl (C=O) groups excluding carboxylic acids is 2. The molecule has 1 amide bonds. The van der Waals surface area contributed by atoms with E-state index in [0.29, 0.717) is 19.1 Å². The summed E-state index contributed by atoms with van der Waals surface area (Å²) in [4.78, 5) is 27.9. The van der Waals surface area contributed by atoms with E-state index in [0.717, 1.165) is 16.8 Å². The van der Waals surface area contributed by atoms with Crippen molar-refractivity contribution in [3.63, 3.8) is 0 Å². The van der Waals surface area contributed by atoms with Gasteiger partial charge in [0.25, 0.3) is 0 Å². The fourth-order valence-corrected chi connectivity index (χ4v) is 3.75. The second kappa shape index (κ2) is 12.0. The summed E-state index contributed by atoms with van der Waals surface area (Å²) in [5.74, 6) is -0.139. The number of amides is 1. The standard InChI is InChI=1S/C28H32N2O3/c1-4-33-26(31)20-30(19-22-11-7-5-8-12-22)27(24-13-9-6-10-14-24)28(32)29-25-17-15-23(16-18-25)21(2)3/h5-18,21,27H,4,19-20H2,1-3H3,(H,29,32)/t27-/m0/s1. The molecule has 3 aromatic carbocycles. The second-order valence-electron chi connectivity index (χ2n) is 8.27. The summed E-state index contributed by atoms with van der Waals surface area (Å²) >= 11 is 0. The van der Waals surface area contributed by atoms with E-state index in [-0.39, 0.29) is 18.4 Å². The SMILES string of the molecule is CCOC(=O)CN(Cc1ccccc1)[C@H](C(=O)Nc1ccc(C(C)C)cc1)c1ccccc1. The van der Waals surface area contributed by atoms with Crippen molar-refractivity contribution in [2.75, 3.05) is 18.5 Å². The minimum Gasteiger partial charge on any atom is -0.465 e. The molecule has 172 valence electrons. The molecule has 5 nitrogen and oxygen atoms in total. The molecule has 0 aliphatic carbocycles. The van der Waals surface area contributed by atoms with Crippen LogP contribution in [-0.2, 0) is 20.9 Å². The maximum atomic E-state index is 13.6. The fourth-order valence-electron chi connectivity index (χ4n) is 3.75. The van der Waals surface area contributed by atoms with Gasteiger partial charge in [-0.25, -0.2) is 0 Å². The third kappa shape index (κ3) is 7.02. The molecule has 0 unspecified atom stereocenters. The van der Waals surface area contributed by atoms with Crippen LogP contribution in [0.15, 0.2) is 84.9 Å². The number of ether oxygens (including phenoxy) is 1. The van der Waals surface area contributed by atoms with Crippen LogP contribution in [-0.4, -0.2) is 29.9 Å². The molecule has 0 radical (unpaired) electrons. The van der Waals surface area contributed by atoms with E-state index in [4.69, 9.17) is 4.74 Å². The highest BCUT2D eigenvalue weighted by Crippen LogP contribution is 2.26. The molecule has 0 aliphatic heterocycles. The summed E-state index contributed by atoms with van der Waals surface area (Å²) in [6.45, 7) is 6.77. The number of anilines is 1. The van der Waals surface area contributed by atoms with Crippen LogP contribution in [0.4, 0.5) is 5.69 Å². The number of hydrogen-bond acceptors (Lipinski definition) is 4. The number of nitrogens with one attached hydrogen (secondary N) is 1. The number of hydrogen-bond donors (Lipinski definition) is 1. The molecular formula is C28H32N2O3. The first kappa shape index (κ1) is 24.2. The van der Waals surface area contributed by atoms with Gasteiger partial charge in [-0.05, 0) is 41.7 Å². The van der Waals surface area contributed by atoms with Crippen molar-refractivity contribution >= 4 is 17.6 Å². The quantitative estimate of drug-likeness (QED) is 0.416. The average Bonchev–Trinajstić information content (AvgIpc) is 2.81. The van der Waals surface area contributed by atoms with Gasteiger partial charge in [0.2, 0.25) is 5.91 Å². The number of esters is 1. The second-order valence-corrected chi connectivity index (χ2v) is 8.27. The van der Waals surface area contributed by atoms with Gasteiger partial charge in [0.1, 0.15) is 6.04 Å². The highest BCUT2D eigenvalue weighted by Gasteiger charge is 2.30. The summed E-state index contributed by atoms with van der Waals surface area (Å²) < 4.78 is 5.22. The lowest BCUT2D eigenvalue weighted by Gasteiger charge is -2.30. The Morgan fingerprint density at radius 3 is 2.03 bits per heavy atom. The molecule has 0 saturated heterocycles. The highest BCUT2D eigenvalue weighted by atomic mass is 16.5. The largest absolute Gasteiger partial charge is 0.465 e. The van der Waals surface area contributed by atoms with E-state index in [1.807, 2.05) is 89.8 Å². The van der Waals surface area contributed by atoms with Crippen LogP contribution in [0.25, 0.3) is 0 Å². The number of benzene rings is 3. The van der Waals surface area contributed by atoms with E-state index in [1.165, 1.54) is 5.56 Å². The molecule has 0 fully saturated rings. The lowest BCUT2D eigenvalue weighted by molar-refractivity contribution is -0.145. The van der Waals surface area contributed by atoms with Crippen molar-refractivity contribution in [3.8, 4) is 0 Å². The number of nitrogens with zero attached hydrogens (tertiary/aromatic N) is 1. The predicted octanol–water partition coefficient (Wildman–Crippen LogP) is 5.56. The molecule has 0 aromatic heterocycles. The minimum absolute atomic E-state index is 0.00199. The Labute approximate surface area is 196 Å². The Morgan fingerprint density at radius 2 is 1.45 bits per heavy atom. The van der Waals surface area contributed by atoms with Crippen LogP contribution in [0.5, 0.6) is 0 Å². The zero-order valence-electron chi connectivity index (χ0n) is 19.5. The Balaban J connectivity index is 1.92. The summed E-state index contributed by atoms with van der Waals surface area (Å²) in [6.07, 6.45) is 0. The van der Waals surface area contributed by atoms with Crippen LogP contribution >= 0.6 is 0 Å². The van der Waals surface area contributed by atoms with Crippen LogP contribution in [0.2, 0.25) is 0 Å². The zero-order chi connectivity index (χ0) is 23.6. The summed E-state index contributed by atoms with van der Waals surface area (Å²) in [5.41, 5.74) is 3.76. The third-order valence-corrected chi connectivity index (χ3v) is 5.44. The third-order valence-electron chi connectivity index (χ3n) is 5.44. The average molecular weight is 445 g/mol. The maximum Gasteiger partial charge on any atom is 0.320 e. The first-order valence-corrected chi connectivity index (χ1v) is 11.4. The van der Waals surface area contributed by atoms with Crippen molar-refractivity contribution in [3.05, 3.63) is 102 Å². The molecule has 0 aliphatic rings. The molecule has 0 saturated carbocycles. The molecule has 1 atom stereocenters. The normalized spacial score (nSPS) is 11.9. The molecule has 1 N–H and O–H groups in total. The molecule has 5 heteroatoms. The molecule has 0 spiro atoms. The lowest BCUT2D eigenvalue weighted by Crippen LogP contribution is -2.40. The maximum absolute atomic E-state index is 13.6. The van der Waals surface area contributed by atoms with E-state index < -0.39 is 6.04 Å². The van der Waals surface area contributed by atoms with E-state index in [9.17, 15) is 9.59 Å². The summed E-state index contributed by atoms with van der Waals surface area (Å²) in [7, 11) is 0. The van der Waals surface area contributed by atoms with Crippen LogP contribution in [0.1, 0.15) is 49.4 Å². The fraction of sp³-hybridized carbons (Fsp3) is 0.286. The Morgan fingerprint density at radius 1 is 0.848 bits per heavy atom. The molecular weight excluding hydrogens is 412 g/mol. The van der Waals surface area contributed by atoms with Crippen molar-refractivity contribution in [1.82, 2.24) is 4.90 Å². The van der Waals surface area contributed by atoms with Crippen LogP contribution < -0.4 is 5.32 Å². The van der Waals surface area contributed by atoms with E-state index in [2.05, 4.69) is 19.2 Å². The predicted molar refractivity (Wildman–Crippen MR) is 132 cm³/mol. The first-order valence-electron chi connectivity index (χ1n) is 11.4. The lowest BCUT2D eigenvalue weighted by atomic mass is 10.0. The van der Waals surface area contributed by atoms with Gasteiger partial charge in [-0.2, -0.15) is 0 Å². The zero-order valence-corrected chi connectivity index (χ0v) is 19.5. The monoisotopic (exact) mass is 444 g/mol. The van der Waals surface area contributed by atoms with Gasteiger partial charge < -0.3 is 10.1 Å². The highest BCUT2D eigenvalue weighted by molar-refractivity contribution is 5.95. The minimum atomic E-state index is -0.666. The van der Waals surface area contributed by atoms with Gasteiger partial charge in [0.05, 0.1) is 13.2 Å². The summed E-state index contributed by atoms with van der Waals surface area (Å²) in [6, 6.07) is 26.6. The molecule has 0 heterocycles. The van der Waals surface area contributed by atoms with E-state index >= 15 is 0 Å². The number of rotatable bonds is 10. The topological polar surface area (TPSA) is 58.6 Å². The van der Waals surface area contributed by atoms with Gasteiger partial charge in [-0.1, -0.05) is 86.6 Å². The summed E-state index contributed by atoms with van der Waals surface area (Å²) in [5, 5.41) is 3.05.